The van der Waals surface area contributed by atoms with Crippen LogP contribution in [0.4, 0.5) is 0 Å². The Morgan fingerprint density at radius 1 is 1.09 bits per heavy atom. The number of nitrogens with one attached hydrogen (secondary N) is 2. The van der Waals surface area contributed by atoms with Gasteiger partial charge in [0.25, 0.3) is 0 Å². The van der Waals surface area contributed by atoms with Crippen LogP contribution in [-0.4, -0.2) is 76.8 Å². The number of nitrogens with zero attached hydrogens (tertiary/aromatic N) is 3. The van der Waals surface area contributed by atoms with E-state index < -0.39 is 10.8 Å². The van der Waals surface area contributed by atoms with Gasteiger partial charge in [-0.15, -0.1) is 24.0 Å². The van der Waals surface area contributed by atoms with Crippen LogP contribution in [0.2, 0.25) is 0 Å². The highest BCUT2D eigenvalue weighted by Gasteiger charge is 2.26. The molecule has 182 valence electrons. The predicted octanol–water partition coefficient (Wildman–Crippen LogP) is 3.19. The average molecular weight is 576 g/mol. The molecular weight excluding hydrogens is 533 g/mol. The van der Waals surface area contributed by atoms with Crippen LogP contribution in [0.1, 0.15) is 50.7 Å². The maximum absolute atomic E-state index is 12.2. The minimum atomic E-state index is -0.699. The molecule has 1 heterocycles. The number of piperazine rings is 1. The van der Waals surface area contributed by atoms with Crippen molar-refractivity contribution in [1.82, 2.24) is 20.4 Å². The second-order valence-electron chi connectivity index (χ2n) is 8.89. The van der Waals surface area contributed by atoms with Gasteiger partial charge in [-0.2, -0.15) is 0 Å². The number of guanidine groups is 1. The summed E-state index contributed by atoms with van der Waals surface area (Å²) in [7, 11) is 1.50. The Hall–Kier alpha value is -0.710. The third-order valence-corrected chi connectivity index (χ3v) is 8.15. The molecular formula is C24H42IN5OS. The molecule has 32 heavy (non-hydrogen) atoms. The number of hydrogen-bond donors (Lipinski definition) is 2. The maximum Gasteiger partial charge on any atom is 0.191 e. The van der Waals surface area contributed by atoms with Gasteiger partial charge in [-0.05, 0) is 44.4 Å². The van der Waals surface area contributed by atoms with Gasteiger partial charge in [0.1, 0.15) is 0 Å². The van der Waals surface area contributed by atoms with Crippen LogP contribution in [0, 0.1) is 0 Å². The molecule has 0 radical (unpaired) electrons. The molecule has 0 spiro atoms. The molecule has 1 saturated heterocycles. The third-order valence-electron chi connectivity index (χ3n) is 6.41. The fourth-order valence-corrected chi connectivity index (χ4v) is 5.80. The molecule has 6 nitrogen and oxygen atoms in total. The highest BCUT2D eigenvalue weighted by molar-refractivity contribution is 14.0. The van der Waals surface area contributed by atoms with Gasteiger partial charge >= 0.3 is 0 Å². The molecule has 0 bridgehead atoms. The van der Waals surface area contributed by atoms with Crippen molar-refractivity contribution in [3.63, 3.8) is 0 Å². The molecule has 3 unspecified atom stereocenters. The van der Waals surface area contributed by atoms with Crippen molar-refractivity contribution in [2.75, 3.05) is 45.5 Å². The number of halogens is 1. The first kappa shape index (κ1) is 27.5. The van der Waals surface area contributed by atoms with Gasteiger partial charge in [-0.25, -0.2) is 4.99 Å². The van der Waals surface area contributed by atoms with E-state index in [0.29, 0.717) is 17.8 Å². The summed E-state index contributed by atoms with van der Waals surface area (Å²) in [5.74, 6) is 1.63. The van der Waals surface area contributed by atoms with Crippen LogP contribution in [0.15, 0.2) is 29.3 Å². The molecule has 2 N–H and O–H groups in total. The molecule has 1 aromatic carbocycles. The zero-order valence-corrected chi connectivity index (χ0v) is 23.2. The Kier molecular flexibility index (Phi) is 12.5. The van der Waals surface area contributed by atoms with Gasteiger partial charge in [0, 0.05) is 67.1 Å². The van der Waals surface area contributed by atoms with Crippen LogP contribution in [0.25, 0.3) is 0 Å². The summed E-state index contributed by atoms with van der Waals surface area (Å²) in [6.45, 7) is 11.3. The van der Waals surface area contributed by atoms with Gasteiger partial charge in [-0.1, -0.05) is 37.6 Å². The first-order valence-electron chi connectivity index (χ1n) is 12.0. The van der Waals surface area contributed by atoms with E-state index in [2.05, 4.69) is 58.7 Å². The van der Waals surface area contributed by atoms with Crippen molar-refractivity contribution in [3.05, 3.63) is 35.4 Å². The predicted molar refractivity (Wildman–Crippen MR) is 147 cm³/mol. The van der Waals surface area contributed by atoms with Crippen molar-refractivity contribution in [3.8, 4) is 0 Å². The molecule has 3 atom stereocenters. The van der Waals surface area contributed by atoms with Crippen molar-refractivity contribution < 1.29 is 4.21 Å². The second-order valence-corrected chi connectivity index (χ2v) is 10.9. The van der Waals surface area contributed by atoms with Crippen LogP contribution in [0.5, 0.6) is 0 Å². The molecule has 2 fully saturated rings. The van der Waals surface area contributed by atoms with Gasteiger partial charge in [0.05, 0.1) is 6.54 Å². The Morgan fingerprint density at radius 2 is 1.78 bits per heavy atom. The maximum atomic E-state index is 12.2. The molecule has 1 aliphatic heterocycles. The first-order valence-corrected chi connectivity index (χ1v) is 13.4. The van der Waals surface area contributed by atoms with Crippen molar-refractivity contribution in [2.24, 2.45) is 4.99 Å². The highest BCUT2D eigenvalue weighted by atomic mass is 127. The summed E-state index contributed by atoms with van der Waals surface area (Å²) in [6.07, 6.45) is 4.34. The van der Waals surface area contributed by atoms with E-state index >= 15 is 0 Å². The Bertz CT molecular complexity index is 722. The summed E-state index contributed by atoms with van der Waals surface area (Å²) in [4.78, 5) is 9.75. The minimum absolute atomic E-state index is 0. The Morgan fingerprint density at radius 3 is 2.44 bits per heavy atom. The van der Waals surface area contributed by atoms with E-state index in [1.54, 1.807) is 0 Å². The highest BCUT2D eigenvalue weighted by Crippen LogP contribution is 2.23. The molecule has 1 aliphatic carbocycles. The van der Waals surface area contributed by atoms with E-state index in [9.17, 15) is 4.21 Å². The molecule has 0 amide bonds. The zero-order valence-electron chi connectivity index (χ0n) is 20.0. The lowest BCUT2D eigenvalue weighted by Gasteiger charge is -2.32. The molecule has 0 aromatic heterocycles. The van der Waals surface area contributed by atoms with Crippen molar-refractivity contribution in [1.29, 1.82) is 0 Å². The number of hydrogen-bond acceptors (Lipinski definition) is 4. The van der Waals surface area contributed by atoms with E-state index in [-0.39, 0.29) is 24.0 Å². The van der Waals surface area contributed by atoms with Gasteiger partial charge < -0.3 is 15.5 Å². The number of aliphatic imine (C=N–C) groups is 1. The second kappa shape index (κ2) is 14.5. The van der Waals surface area contributed by atoms with Gasteiger partial charge in [-0.3, -0.25) is 9.11 Å². The average Bonchev–Trinajstić information content (AvgIpc) is 2.80. The van der Waals surface area contributed by atoms with Crippen LogP contribution in [-0.2, 0) is 23.9 Å². The SMILES string of the molecule is CCNC(=NCc1ccc(CN2CCN(C)CC2)cc1)NC1CCCC(S(=O)CC)C1.I. The quantitative estimate of drug-likeness (QED) is 0.284. The van der Waals surface area contributed by atoms with E-state index in [0.717, 1.165) is 76.7 Å². The summed E-state index contributed by atoms with van der Waals surface area (Å²) in [6, 6.07) is 9.27. The Balaban J connectivity index is 0.00000363. The lowest BCUT2D eigenvalue weighted by Crippen LogP contribution is -2.46. The van der Waals surface area contributed by atoms with Crippen molar-refractivity contribution in [2.45, 2.75) is 63.9 Å². The van der Waals surface area contributed by atoms with E-state index in [1.165, 1.54) is 11.1 Å². The van der Waals surface area contributed by atoms with E-state index in [1.807, 2.05) is 6.92 Å². The summed E-state index contributed by atoms with van der Waals surface area (Å²) in [5.41, 5.74) is 2.60. The minimum Gasteiger partial charge on any atom is -0.357 e. The summed E-state index contributed by atoms with van der Waals surface area (Å²) in [5, 5.41) is 7.30. The lowest BCUT2D eigenvalue weighted by atomic mass is 9.95. The monoisotopic (exact) mass is 575 g/mol. The topological polar surface area (TPSA) is 60.0 Å². The van der Waals surface area contributed by atoms with Crippen LogP contribution < -0.4 is 10.6 Å². The molecule has 1 saturated carbocycles. The largest absolute Gasteiger partial charge is 0.357 e. The Labute approximate surface area is 214 Å². The summed E-state index contributed by atoms with van der Waals surface area (Å²) >= 11 is 0. The third kappa shape index (κ3) is 8.91. The normalized spacial score (nSPS) is 23.9. The molecule has 3 rings (SSSR count). The molecule has 2 aliphatic rings. The summed E-state index contributed by atoms with van der Waals surface area (Å²) < 4.78 is 12.2. The smallest absolute Gasteiger partial charge is 0.191 e. The van der Waals surface area contributed by atoms with Gasteiger partial charge in [0.15, 0.2) is 5.96 Å². The van der Waals surface area contributed by atoms with Gasteiger partial charge in [0.2, 0.25) is 0 Å². The number of benzene rings is 1. The lowest BCUT2D eigenvalue weighted by molar-refractivity contribution is 0.148. The number of rotatable bonds is 8. The molecule has 1 aromatic rings. The zero-order chi connectivity index (χ0) is 22.1. The standard InChI is InChI=1S/C24H41N5OS.HI/c1-4-25-24(27-22-7-6-8-23(17-22)31(30)5-2)26-18-20-9-11-21(12-10-20)19-29-15-13-28(3)14-16-29;/h9-12,22-23H,4-8,13-19H2,1-3H3,(H2,25,26,27);1H. The fraction of sp³-hybridized carbons (Fsp3) is 0.708. The molecule has 8 heteroatoms. The van der Waals surface area contributed by atoms with Crippen LogP contribution in [0.3, 0.4) is 0 Å². The fourth-order valence-electron chi connectivity index (χ4n) is 4.45. The number of likely N-dealkylation sites (N-methyl/N-ethyl adjacent to an activating group) is 1. The first-order chi connectivity index (χ1) is 15.1. The van der Waals surface area contributed by atoms with Crippen LogP contribution >= 0.6 is 24.0 Å². The van der Waals surface area contributed by atoms with Crippen molar-refractivity contribution >= 4 is 40.7 Å². The van der Waals surface area contributed by atoms with E-state index in [4.69, 9.17) is 4.99 Å².